The third kappa shape index (κ3) is 2.34. The van der Waals surface area contributed by atoms with Gasteiger partial charge in [-0.1, -0.05) is 17.7 Å². The molecular weight excluding hydrogens is 308 g/mol. The summed E-state index contributed by atoms with van der Waals surface area (Å²) in [5.74, 6) is 0.604. The van der Waals surface area contributed by atoms with Gasteiger partial charge in [0.2, 0.25) is 5.89 Å². The van der Waals surface area contributed by atoms with Crippen LogP contribution in [0.4, 0.5) is 0 Å². The highest BCUT2D eigenvalue weighted by molar-refractivity contribution is 6.31. The van der Waals surface area contributed by atoms with Gasteiger partial charge in [0.25, 0.3) is 0 Å². The van der Waals surface area contributed by atoms with Crippen molar-refractivity contribution in [2.45, 2.75) is 13.8 Å². The van der Waals surface area contributed by atoms with Crippen LogP contribution in [0.1, 0.15) is 11.1 Å². The van der Waals surface area contributed by atoms with E-state index in [0.29, 0.717) is 5.89 Å². The minimum absolute atomic E-state index is 0.604. The lowest BCUT2D eigenvalue weighted by molar-refractivity contribution is 0.617. The molecule has 4 rings (SSSR count). The average Bonchev–Trinajstić information content (AvgIpc) is 3.19. The molecule has 2 aromatic heterocycles. The molecule has 0 N–H and O–H groups in total. The zero-order valence-electron chi connectivity index (χ0n) is 12.9. The molecule has 0 saturated heterocycles. The van der Waals surface area contributed by atoms with Gasteiger partial charge in [-0.3, -0.25) is 0 Å². The minimum Gasteiger partial charge on any atom is -0.436 e. The van der Waals surface area contributed by atoms with E-state index in [1.165, 1.54) is 0 Å². The molecule has 0 aliphatic carbocycles. The Kier molecular flexibility index (Phi) is 3.24. The number of halogens is 1. The predicted octanol–water partition coefficient (Wildman–Crippen LogP) is 5.56. The van der Waals surface area contributed by atoms with Crippen LogP contribution in [-0.4, -0.2) is 9.55 Å². The number of nitrogens with zero attached hydrogens (tertiary/aromatic N) is 2. The molecule has 2 aromatic carbocycles. The van der Waals surface area contributed by atoms with Crippen LogP contribution in [0.5, 0.6) is 0 Å². The summed E-state index contributed by atoms with van der Waals surface area (Å²) in [7, 11) is 0. The van der Waals surface area contributed by atoms with Crippen molar-refractivity contribution in [2.75, 3.05) is 0 Å². The van der Waals surface area contributed by atoms with Gasteiger partial charge in [-0.25, -0.2) is 4.98 Å². The smallest absolute Gasteiger partial charge is 0.227 e. The van der Waals surface area contributed by atoms with Crippen molar-refractivity contribution in [1.29, 1.82) is 0 Å². The Balaban J connectivity index is 1.91. The van der Waals surface area contributed by atoms with Crippen LogP contribution in [0.15, 0.2) is 59.3 Å². The Morgan fingerprint density at radius 1 is 1.04 bits per heavy atom. The van der Waals surface area contributed by atoms with Gasteiger partial charge in [-0.2, -0.15) is 0 Å². The molecule has 0 atom stereocenters. The first-order valence-electron chi connectivity index (χ1n) is 7.43. The quantitative estimate of drug-likeness (QED) is 0.484. The minimum atomic E-state index is 0.604. The number of fused-ring (bicyclic) bond motifs is 1. The fraction of sp³-hybridized carbons (Fsp3) is 0.105. The number of rotatable bonds is 2. The van der Waals surface area contributed by atoms with Crippen LogP contribution >= 0.6 is 11.6 Å². The summed E-state index contributed by atoms with van der Waals surface area (Å²) in [6.07, 6.45) is 4.03. The summed E-state index contributed by atoms with van der Waals surface area (Å²) in [6.45, 7) is 4.01. The number of benzene rings is 2. The van der Waals surface area contributed by atoms with Crippen LogP contribution in [0.2, 0.25) is 5.02 Å². The van der Waals surface area contributed by atoms with E-state index < -0.39 is 0 Å². The predicted molar refractivity (Wildman–Crippen MR) is 93.3 cm³/mol. The van der Waals surface area contributed by atoms with Gasteiger partial charge in [-0.15, -0.1) is 0 Å². The van der Waals surface area contributed by atoms with Gasteiger partial charge in [0.15, 0.2) is 5.58 Å². The van der Waals surface area contributed by atoms with Crippen molar-refractivity contribution in [2.24, 2.45) is 0 Å². The first kappa shape index (κ1) is 14.1. The van der Waals surface area contributed by atoms with Crippen molar-refractivity contribution >= 4 is 22.7 Å². The maximum atomic E-state index is 6.21. The van der Waals surface area contributed by atoms with E-state index in [-0.39, 0.29) is 0 Å². The first-order chi connectivity index (χ1) is 11.1. The lowest BCUT2D eigenvalue weighted by Crippen LogP contribution is -1.90. The number of aromatic nitrogens is 2. The summed E-state index contributed by atoms with van der Waals surface area (Å²) in [6, 6.07) is 13.9. The van der Waals surface area contributed by atoms with Gasteiger partial charge in [0.05, 0.1) is 0 Å². The Hall–Kier alpha value is -2.52. The Morgan fingerprint density at radius 3 is 2.61 bits per heavy atom. The van der Waals surface area contributed by atoms with E-state index in [2.05, 4.69) is 15.6 Å². The van der Waals surface area contributed by atoms with Crippen LogP contribution in [-0.2, 0) is 0 Å². The molecule has 0 bridgehead atoms. The van der Waals surface area contributed by atoms with Crippen LogP contribution in [0.25, 0.3) is 28.2 Å². The van der Waals surface area contributed by atoms with Crippen molar-refractivity contribution in [3.8, 4) is 17.1 Å². The van der Waals surface area contributed by atoms with E-state index in [1.54, 1.807) is 0 Å². The largest absolute Gasteiger partial charge is 0.436 e. The second-order valence-corrected chi connectivity index (χ2v) is 6.04. The highest BCUT2D eigenvalue weighted by atomic mass is 35.5. The molecule has 0 spiro atoms. The second-order valence-electron chi connectivity index (χ2n) is 5.63. The van der Waals surface area contributed by atoms with Crippen molar-refractivity contribution in [3.63, 3.8) is 0 Å². The molecular formula is C19H15ClN2O. The van der Waals surface area contributed by atoms with E-state index in [9.17, 15) is 0 Å². The summed E-state index contributed by atoms with van der Waals surface area (Å²) >= 11 is 6.21. The molecule has 3 nitrogen and oxygen atoms in total. The fourth-order valence-electron chi connectivity index (χ4n) is 2.79. The average molecular weight is 323 g/mol. The number of hydrogen-bond acceptors (Lipinski definition) is 2. The van der Waals surface area contributed by atoms with E-state index in [1.807, 2.05) is 62.6 Å². The summed E-state index contributed by atoms with van der Waals surface area (Å²) in [5, 5.41) is 0.717. The molecule has 0 unspecified atom stereocenters. The van der Waals surface area contributed by atoms with Crippen LogP contribution in [0, 0.1) is 13.8 Å². The third-order valence-electron chi connectivity index (χ3n) is 4.06. The molecule has 0 fully saturated rings. The zero-order chi connectivity index (χ0) is 16.0. The van der Waals surface area contributed by atoms with Gasteiger partial charge < -0.3 is 8.98 Å². The van der Waals surface area contributed by atoms with Crippen LogP contribution < -0.4 is 0 Å². The first-order valence-corrected chi connectivity index (χ1v) is 7.81. The molecule has 114 valence electrons. The molecule has 4 aromatic rings. The van der Waals surface area contributed by atoms with Crippen molar-refractivity contribution < 1.29 is 4.42 Å². The normalized spacial score (nSPS) is 11.3. The summed E-state index contributed by atoms with van der Waals surface area (Å²) < 4.78 is 8.07. The molecule has 0 amide bonds. The lowest BCUT2D eigenvalue weighted by Gasteiger charge is -2.03. The molecule has 0 aliphatic heterocycles. The zero-order valence-corrected chi connectivity index (χ0v) is 13.6. The van der Waals surface area contributed by atoms with E-state index in [0.717, 1.165) is 38.5 Å². The van der Waals surface area contributed by atoms with E-state index in [4.69, 9.17) is 16.0 Å². The standard InChI is InChI=1S/C19H15ClN2O/c1-12-10-14(22-8-3-4-9-22)11-17-18(12)23-19(21-17)15-6-5-7-16(20)13(15)2/h3-11H,1-2H3. The molecule has 2 heterocycles. The molecule has 0 aliphatic rings. The van der Waals surface area contributed by atoms with Gasteiger partial charge in [0.1, 0.15) is 5.52 Å². The third-order valence-corrected chi connectivity index (χ3v) is 4.47. The van der Waals surface area contributed by atoms with E-state index >= 15 is 0 Å². The maximum Gasteiger partial charge on any atom is 0.227 e. The molecule has 23 heavy (non-hydrogen) atoms. The highest BCUT2D eigenvalue weighted by Crippen LogP contribution is 2.32. The SMILES string of the molecule is Cc1c(Cl)cccc1-c1nc2cc(-n3cccc3)cc(C)c2o1. The molecule has 0 saturated carbocycles. The monoisotopic (exact) mass is 322 g/mol. The summed E-state index contributed by atoms with van der Waals surface area (Å²) in [5.41, 5.74) is 5.70. The molecule has 0 radical (unpaired) electrons. The Labute approximate surface area is 139 Å². The highest BCUT2D eigenvalue weighted by Gasteiger charge is 2.14. The number of oxazole rings is 1. The summed E-state index contributed by atoms with van der Waals surface area (Å²) in [4.78, 5) is 4.68. The molecule has 4 heteroatoms. The van der Waals surface area contributed by atoms with Gasteiger partial charge in [0, 0.05) is 28.7 Å². The van der Waals surface area contributed by atoms with Gasteiger partial charge >= 0.3 is 0 Å². The fourth-order valence-corrected chi connectivity index (χ4v) is 2.97. The number of hydrogen-bond donors (Lipinski definition) is 0. The number of aryl methyl sites for hydroxylation is 1. The van der Waals surface area contributed by atoms with Crippen molar-refractivity contribution in [3.05, 3.63) is 71.0 Å². The van der Waals surface area contributed by atoms with Gasteiger partial charge in [-0.05, 0) is 61.4 Å². The Morgan fingerprint density at radius 2 is 1.83 bits per heavy atom. The van der Waals surface area contributed by atoms with Crippen LogP contribution in [0.3, 0.4) is 0 Å². The lowest BCUT2D eigenvalue weighted by atomic mass is 10.1. The Bertz CT molecular complexity index is 1000. The topological polar surface area (TPSA) is 31.0 Å². The van der Waals surface area contributed by atoms with Crippen molar-refractivity contribution in [1.82, 2.24) is 9.55 Å². The second kappa shape index (κ2) is 5.28. The maximum absolute atomic E-state index is 6.21.